The molecule has 0 aromatic rings. The van der Waals surface area contributed by atoms with Crippen molar-refractivity contribution >= 4 is 8.32 Å². The zero-order chi connectivity index (χ0) is 14.7. The Hall–Kier alpha value is -0.593. The number of rotatable bonds is 5. The van der Waals surface area contributed by atoms with Gasteiger partial charge in [-0.05, 0) is 42.0 Å². The summed E-state index contributed by atoms with van der Waals surface area (Å²) < 4.78 is 6.69. The van der Waals surface area contributed by atoms with E-state index >= 15 is 0 Å². The predicted octanol–water partition coefficient (Wildman–Crippen LogP) is 5.18. The smallest absolute Gasteiger partial charge is 0.202 e. The third-order valence-corrected chi connectivity index (χ3v) is 10.7. The normalized spacial score (nSPS) is 24.2. The maximum Gasteiger partial charge on any atom is 0.202 e. The van der Waals surface area contributed by atoms with Crippen LogP contribution in [-0.2, 0) is 4.43 Å². The van der Waals surface area contributed by atoms with E-state index < -0.39 is 13.9 Å². The lowest BCUT2D eigenvalue weighted by Gasteiger charge is -2.47. The summed E-state index contributed by atoms with van der Waals surface area (Å²) >= 11 is 0. The standard InChI is InChI=1S/C16H29NOSi/c1-13(2)19(14(3)4,15(5)6)18-16(12-17)10-8-7-9-11-16/h8,10,13-15H,7,9,11H2,1-6H3. The molecule has 0 aromatic carbocycles. The fourth-order valence-electron chi connectivity index (χ4n) is 3.71. The molecule has 0 radical (unpaired) electrons. The summed E-state index contributed by atoms with van der Waals surface area (Å²) in [6.07, 6.45) is 7.12. The fourth-order valence-corrected chi connectivity index (χ4v) is 9.26. The lowest BCUT2D eigenvalue weighted by Crippen LogP contribution is -2.54. The molecule has 1 unspecified atom stereocenters. The van der Waals surface area contributed by atoms with E-state index in [-0.39, 0.29) is 0 Å². The van der Waals surface area contributed by atoms with E-state index in [0.29, 0.717) is 16.6 Å². The van der Waals surface area contributed by atoms with Crippen molar-refractivity contribution in [2.75, 3.05) is 0 Å². The van der Waals surface area contributed by atoms with Gasteiger partial charge in [-0.25, -0.2) is 0 Å². The summed E-state index contributed by atoms with van der Waals surface area (Å²) in [5.74, 6) is 0. The van der Waals surface area contributed by atoms with E-state index in [1.165, 1.54) is 0 Å². The predicted molar refractivity (Wildman–Crippen MR) is 83.5 cm³/mol. The van der Waals surface area contributed by atoms with Crippen molar-refractivity contribution in [2.45, 2.75) is 83.0 Å². The highest BCUT2D eigenvalue weighted by molar-refractivity contribution is 6.77. The molecule has 0 spiro atoms. The van der Waals surface area contributed by atoms with Gasteiger partial charge in [0.05, 0.1) is 0 Å². The molecular weight excluding hydrogens is 250 g/mol. The molecule has 0 aromatic heterocycles. The van der Waals surface area contributed by atoms with Crippen LogP contribution in [0.3, 0.4) is 0 Å². The van der Waals surface area contributed by atoms with E-state index in [1.54, 1.807) is 0 Å². The zero-order valence-corrected chi connectivity index (χ0v) is 14.4. The van der Waals surface area contributed by atoms with Crippen molar-refractivity contribution in [2.24, 2.45) is 0 Å². The molecule has 3 heteroatoms. The van der Waals surface area contributed by atoms with Gasteiger partial charge in [-0.3, -0.25) is 0 Å². The highest BCUT2D eigenvalue weighted by Crippen LogP contribution is 2.46. The van der Waals surface area contributed by atoms with Crippen LogP contribution in [0.15, 0.2) is 12.2 Å². The molecule has 0 bridgehead atoms. The Kier molecular flexibility index (Phi) is 5.40. The SMILES string of the molecule is CC(C)[Si](OC1(C#N)C=CCCC1)(C(C)C)C(C)C. The zero-order valence-electron chi connectivity index (χ0n) is 13.4. The van der Waals surface area contributed by atoms with Crippen LogP contribution in [0.25, 0.3) is 0 Å². The minimum Gasteiger partial charge on any atom is -0.395 e. The third kappa shape index (κ3) is 3.12. The maximum absolute atomic E-state index is 9.65. The van der Waals surface area contributed by atoms with Crippen molar-refractivity contribution < 1.29 is 4.43 Å². The molecule has 2 nitrogen and oxygen atoms in total. The van der Waals surface area contributed by atoms with Gasteiger partial charge in [0.1, 0.15) is 6.07 Å². The van der Waals surface area contributed by atoms with Crippen molar-refractivity contribution in [3.05, 3.63) is 12.2 Å². The summed E-state index contributed by atoms with van der Waals surface area (Å²) in [5, 5.41) is 9.65. The van der Waals surface area contributed by atoms with Gasteiger partial charge in [0.2, 0.25) is 8.32 Å². The summed E-state index contributed by atoms with van der Waals surface area (Å²) in [6, 6.07) is 2.46. The van der Waals surface area contributed by atoms with Gasteiger partial charge in [0.25, 0.3) is 0 Å². The Morgan fingerprint density at radius 3 is 1.95 bits per heavy atom. The van der Waals surface area contributed by atoms with Gasteiger partial charge in [-0.2, -0.15) is 5.26 Å². The van der Waals surface area contributed by atoms with Crippen molar-refractivity contribution in [1.29, 1.82) is 5.26 Å². The van der Waals surface area contributed by atoms with Crippen LogP contribution in [0.1, 0.15) is 60.8 Å². The van der Waals surface area contributed by atoms with E-state index in [1.807, 2.05) is 6.08 Å². The topological polar surface area (TPSA) is 33.0 Å². The monoisotopic (exact) mass is 279 g/mol. The molecular formula is C16H29NOSi. The van der Waals surface area contributed by atoms with E-state index in [4.69, 9.17) is 4.43 Å². The first-order valence-electron chi connectivity index (χ1n) is 7.60. The number of nitrogens with zero attached hydrogens (tertiary/aromatic N) is 1. The summed E-state index contributed by atoms with van der Waals surface area (Å²) in [4.78, 5) is 0. The van der Waals surface area contributed by atoms with E-state index in [2.05, 4.69) is 53.7 Å². The molecule has 0 fully saturated rings. The molecule has 0 aliphatic heterocycles. The third-order valence-electron chi connectivity index (χ3n) is 4.56. The average molecular weight is 280 g/mol. The molecule has 1 aliphatic rings. The van der Waals surface area contributed by atoms with Crippen LogP contribution in [0.5, 0.6) is 0 Å². The van der Waals surface area contributed by atoms with Gasteiger partial charge < -0.3 is 4.43 Å². The first-order chi connectivity index (χ1) is 8.81. The second-order valence-electron chi connectivity index (χ2n) is 6.72. The molecule has 19 heavy (non-hydrogen) atoms. The summed E-state index contributed by atoms with van der Waals surface area (Å²) in [5.41, 5.74) is 0.901. The van der Waals surface area contributed by atoms with Crippen LogP contribution in [0, 0.1) is 11.3 Å². The van der Waals surface area contributed by atoms with Crippen LogP contribution in [0.4, 0.5) is 0 Å². The number of hydrogen-bond acceptors (Lipinski definition) is 2. The molecule has 108 valence electrons. The molecule has 0 heterocycles. The molecule has 1 atom stereocenters. The number of nitriles is 1. The lowest BCUT2D eigenvalue weighted by atomic mass is 9.93. The Morgan fingerprint density at radius 1 is 1.11 bits per heavy atom. The largest absolute Gasteiger partial charge is 0.395 e. The summed E-state index contributed by atoms with van der Waals surface area (Å²) in [6.45, 7) is 13.6. The second-order valence-corrected chi connectivity index (χ2v) is 12.1. The first kappa shape index (κ1) is 16.5. The van der Waals surface area contributed by atoms with Crippen LogP contribution in [0.2, 0.25) is 16.6 Å². The van der Waals surface area contributed by atoms with Crippen LogP contribution >= 0.6 is 0 Å². The minimum absolute atomic E-state index is 0.521. The highest BCUT2D eigenvalue weighted by atomic mass is 28.4. The van der Waals surface area contributed by atoms with Crippen molar-refractivity contribution in [1.82, 2.24) is 0 Å². The molecule has 0 saturated carbocycles. The Labute approximate surface area is 120 Å². The number of allylic oxidation sites excluding steroid dienone is 1. The molecule has 1 rings (SSSR count). The van der Waals surface area contributed by atoms with Crippen molar-refractivity contribution in [3.63, 3.8) is 0 Å². The van der Waals surface area contributed by atoms with Crippen LogP contribution in [-0.4, -0.2) is 13.9 Å². The van der Waals surface area contributed by atoms with Gasteiger partial charge in [-0.15, -0.1) is 0 Å². The Balaban J connectivity index is 3.17. The molecule has 0 amide bonds. The highest BCUT2D eigenvalue weighted by Gasteiger charge is 2.50. The van der Waals surface area contributed by atoms with Crippen LogP contribution < -0.4 is 0 Å². The Morgan fingerprint density at radius 2 is 1.63 bits per heavy atom. The minimum atomic E-state index is -1.98. The molecule has 0 N–H and O–H groups in total. The fraction of sp³-hybridized carbons (Fsp3) is 0.812. The van der Waals surface area contributed by atoms with Gasteiger partial charge >= 0.3 is 0 Å². The van der Waals surface area contributed by atoms with Gasteiger partial charge in [-0.1, -0.05) is 47.6 Å². The maximum atomic E-state index is 9.65. The van der Waals surface area contributed by atoms with Crippen molar-refractivity contribution in [3.8, 4) is 6.07 Å². The second kappa shape index (κ2) is 6.24. The average Bonchev–Trinajstić information content (AvgIpc) is 2.36. The first-order valence-corrected chi connectivity index (χ1v) is 9.74. The number of hydrogen-bond donors (Lipinski definition) is 0. The van der Waals surface area contributed by atoms with E-state index in [9.17, 15) is 5.26 Å². The molecule has 1 aliphatic carbocycles. The summed E-state index contributed by atoms with van der Waals surface area (Å²) in [7, 11) is -1.98. The quantitative estimate of drug-likeness (QED) is 0.513. The van der Waals surface area contributed by atoms with E-state index in [0.717, 1.165) is 19.3 Å². The van der Waals surface area contributed by atoms with Gasteiger partial charge in [0, 0.05) is 0 Å². The lowest BCUT2D eigenvalue weighted by molar-refractivity contribution is 0.134. The molecule has 0 saturated heterocycles. The Bertz CT molecular complexity index is 346. The van der Waals surface area contributed by atoms with Gasteiger partial charge in [0.15, 0.2) is 5.60 Å².